The standard InChI is InChI=1S/C22H25N3O5/c1-22(12-11-15-7-9-17(29-2)10-8-15)20(27)25(21(28)24-22)14-19(26)23-16-5-4-6-18(13-16)30-3/h4-10,13H,11-12,14H2,1-3H3,(H,23,26)(H,24,28)/t22-/m1/s1. The predicted molar refractivity (Wildman–Crippen MR) is 112 cm³/mol. The molecule has 1 aliphatic heterocycles. The molecule has 8 heteroatoms. The molecule has 0 unspecified atom stereocenters. The number of urea groups is 1. The molecular formula is C22H25N3O5. The number of carbonyl (C=O) groups is 3. The lowest BCUT2D eigenvalue weighted by atomic mass is 9.93. The molecule has 30 heavy (non-hydrogen) atoms. The molecule has 2 N–H and O–H groups in total. The summed E-state index contributed by atoms with van der Waals surface area (Å²) in [4.78, 5) is 38.6. The Morgan fingerprint density at radius 2 is 1.77 bits per heavy atom. The van der Waals surface area contributed by atoms with Crippen LogP contribution in [0, 0.1) is 0 Å². The van der Waals surface area contributed by atoms with E-state index in [0.717, 1.165) is 16.2 Å². The highest BCUT2D eigenvalue weighted by Crippen LogP contribution is 2.24. The maximum Gasteiger partial charge on any atom is 0.325 e. The summed E-state index contributed by atoms with van der Waals surface area (Å²) < 4.78 is 10.3. The van der Waals surface area contributed by atoms with Gasteiger partial charge in [-0.1, -0.05) is 18.2 Å². The Balaban J connectivity index is 1.60. The Labute approximate surface area is 175 Å². The molecule has 0 aromatic heterocycles. The second kappa shape index (κ2) is 8.86. The molecule has 0 bridgehead atoms. The Morgan fingerprint density at radius 1 is 1.07 bits per heavy atom. The Bertz CT molecular complexity index is 944. The minimum Gasteiger partial charge on any atom is -0.497 e. The lowest BCUT2D eigenvalue weighted by Crippen LogP contribution is -2.45. The van der Waals surface area contributed by atoms with Gasteiger partial charge >= 0.3 is 6.03 Å². The summed E-state index contributed by atoms with van der Waals surface area (Å²) in [5.41, 5.74) is 0.481. The molecule has 0 saturated carbocycles. The maximum atomic E-state index is 12.9. The van der Waals surface area contributed by atoms with Gasteiger partial charge in [0.25, 0.3) is 5.91 Å². The van der Waals surface area contributed by atoms with Crippen molar-refractivity contribution in [2.75, 3.05) is 26.1 Å². The van der Waals surface area contributed by atoms with Crippen LogP contribution in [-0.2, 0) is 16.0 Å². The highest BCUT2D eigenvalue weighted by molar-refractivity contribution is 6.09. The van der Waals surface area contributed by atoms with E-state index < -0.39 is 23.4 Å². The zero-order valence-corrected chi connectivity index (χ0v) is 17.2. The number of hydrogen-bond donors (Lipinski definition) is 2. The van der Waals surface area contributed by atoms with Crippen molar-refractivity contribution >= 4 is 23.5 Å². The van der Waals surface area contributed by atoms with E-state index in [4.69, 9.17) is 9.47 Å². The Hall–Kier alpha value is -3.55. The van der Waals surface area contributed by atoms with Gasteiger partial charge in [-0.05, 0) is 49.6 Å². The second-order valence-corrected chi connectivity index (χ2v) is 7.28. The normalized spacial score (nSPS) is 18.2. The highest BCUT2D eigenvalue weighted by Gasteiger charge is 2.47. The summed E-state index contributed by atoms with van der Waals surface area (Å²) in [6, 6.07) is 13.8. The van der Waals surface area contributed by atoms with Crippen LogP contribution in [-0.4, -0.2) is 49.0 Å². The Morgan fingerprint density at radius 3 is 2.43 bits per heavy atom. The van der Waals surface area contributed by atoms with Crippen LogP contribution in [0.2, 0.25) is 0 Å². The van der Waals surface area contributed by atoms with E-state index in [1.165, 1.54) is 7.11 Å². The van der Waals surface area contributed by atoms with Crippen molar-refractivity contribution in [3.05, 3.63) is 54.1 Å². The smallest absolute Gasteiger partial charge is 0.325 e. The maximum absolute atomic E-state index is 12.9. The van der Waals surface area contributed by atoms with E-state index in [0.29, 0.717) is 24.3 Å². The fourth-order valence-corrected chi connectivity index (χ4v) is 3.29. The van der Waals surface area contributed by atoms with Crippen LogP contribution in [0.3, 0.4) is 0 Å². The molecule has 8 nitrogen and oxygen atoms in total. The van der Waals surface area contributed by atoms with Gasteiger partial charge in [-0.3, -0.25) is 14.5 Å². The van der Waals surface area contributed by atoms with E-state index >= 15 is 0 Å². The van der Waals surface area contributed by atoms with Gasteiger partial charge in [0.15, 0.2) is 0 Å². The van der Waals surface area contributed by atoms with Crippen LogP contribution in [0.15, 0.2) is 48.5 Å². The summed E-state index contributed by atoms with van der Waals surface area (Å²) >= 11 is 0. The minimum atomic E-state index is -1.06. The van der Waals surface area contributed by atoms with E-state index in [1.807, 2.05) is 24.3 Å². The fourth-order valence-electron chi connectivity index (χ4n) is 3.29. The van der Waals surface area contributed by atoms with Crippen molar-refractivity contribution in [1.82, 2.24) is 10.2 Å². The molecule has 2 aromatic rings. The third-order valence-electron chi connectivity index (χ3n) is 5.07. The first kappa shape index (κ1) is 21.2. The summed E-state index contributed by atoms with van der Waals surface area (Å²) in [5, 5.41) is 5.40. The number of nitrogens with one attached hydrogen (secondary N) is 2. The molecular weight excluding hydrogens is 386 g/mol. The van der Waals surface area contributed by atoms with Crippen LogP contribution in [0.5, 0.6) is 11.5 Å². The summed E-state index contributed by atoms with van der Waals surface area (Å²) in [5.74, 6) is 0.463. The number of amides is 4. The lowest BCUT2D eigenvalue weighted by molar-refractivity contribution is -0.133. The molecule has 0 aliphatic carbocycles. The zero-order chi connectivity index (χ0) is 21.7. The molecule has 158 valence electrons. The molecule has 4 amide bonds. The number of rotatable bonds is 8. The number of hydrogen-bond acceptors (Lipinski definition) is 5. The monoisotopic (exact) mass is 411 g/mol. The summed E-state index contributed by atoms with van der Waals surface area (Å²) in [7, 11) is 3.13. The highest BCUT2D eigenvalue weighted by atomic mass is 16.5. The third kappa shape index (κ3) is 4.71. The van der Waals surface area contributed by atoms with Crippen LogP contribution in [0.1, 0.15) is 18.9 Å². The average Bonchev–Trinajstić information content (AvgIpc) is 2.96. The number of ether oxygens (including phenoxy) is 2. The van der Waals surface area contributed by atoms with Crippen molar-refractivity contribution in [2.45, 2.75) is 25.3 Å². The topological polar surface area (TPSA) is 97.0 Å². The SMILES string of the molecule is COc1ccc(CC[C@@]2(C)NC(=O)N(CC(=O)Nc3cccc(OC)c3)C2=O)cc1. The molecule has 1 aliphatic rings. The van der Waals surface area contributed by atoms with E-state index in [9.17, 15) is 14.4 Å². The molecule has 3 rings (SSSR count). The van der Waals surface area contributed by atoms with Crippen molar-refractivity contribution in [2.24, 2.45) is 0 Å². The van der Waals surface area contributed by atoms with Crippen molar-refractivity contribution in [3.8, 4) is 11.5 Å². The van der Waals surface area contributed by atoms with Gasteiger partial charge in [0.1, 0.15) is 23.6 Å². The molecule has 2 aromatic carbocycles. The molecule has 0 radical (unpaired) electrons. The minimum absolute atomic E-state index is 0.361. The number of nitrogens with zero attached hydrogens (tertiary/aromatic N) is 1. The van der Waals surface area contributed by atoms with Gasteiger partial charge in [-0.2, -0.15) is 0 Å². The van der Waals surface area contributed by atoms with Gasteiger partial charge in [0.05, 0.1) is 14.2 Å². The predicted octanol–water partition coefficient (Wildman–Crippen LogP) is 2.59. The van der Waals surface area contributed by atoms with Crippen molar-refractivity contribution < 1.29 is 23.9 Å². The Kier molecular flexibility index (Phi) is 6.25. The van der Waals surface area contributed by atoms with Gasteiger partial charge in [0, 0.05) is 11.8 Å². The number of imide groups is 1. The van der Waals surface area contributed by atoms with Gasteiger partial charge in [-0.15, -0.1) is 0 Å². The summed E-state index contributed by atoms with van der Waals surface area (Å²) in [6.45, 7) is 1.32. The third-order valence-corrected chi connectivity index (χ3v) is 5.07. The van der Waals surface area contributed by atoms with Crippen molar-refractivity contribution in [1.29, 1.82) is 0 Å². The first-order valence-electron chi connectivity index (χ1n) is 9.55. The summed E-state index contributed by atoms with van der Waals surface area (Å²) in [6.07, 6.45) is 1.01. The number of anilines is 1. The molecule has 1 atom stereocenters. The van der Waals surface area contributed by atoms with E-state index in [2.05, 4.69) is 10.6 Å². The number of aryl methyl sites for hydroxylation is 1. The van der Waals surface area contributed by atoms with Crippen molar-refractivity contribution in [3.63, 3.8) is 0 Å². The van der Waals surface area contributed by atoms with E-state index in [-0.39, 0.29) is 6.54 Å². The largest absolute Gasteiger partial charge is 0.497 e. The zero-order valence-electron chi connectivity index (χ0n) is 17.2. The number of carbonyl (C=O) groups excluding carboxylic acids is 3. The number of methoxy groups -OCH3 is 2. The van der Waals surface area contributed by atoms with Crippen LogP contribution in [0.4, 0.5) is 10.5 Å². The first-order chi connectivity index (χ1) is 14.3. The second-order valence-electron chi connectivity index (χ2n) is 7.28. The fraction of sp³-hybridized carbons (Fsp3) is 0.318. The van der Waals surface area contributed by atoms with Gasteiger partial charge < -0.3 is 20.1 Å². The molecule has 1 heterocycles. The quantitative estimate of drug-likeness (QED) is 0.651. The molecule has 0 spiro atoms. The van der Waals surface area contributed by atoms with Gasteiger partial charge in [-0.25, -0.2) is 4.79 Å². The van der Waals surface area contributed by atoms with Crippen LogP contribution >= 0.6 is 0 Å². The average molecular weight is 411 g/mol. The van der Waals surface area contributed by atoms with Crippen LogP contribution in [0.25, 0.3) is 0 Å². The number of benzene rings is 2. The van der Waals surface area contributed by atoms with Crippen LogP contribution < -0.4 is 20.1 Å². The molecule has 1 saturated heterocycles. The lowest BCUT2D eigenvalue weighted by Gasteiger charge is -2.21. The molecule has 1 fully saturated rings. The first-order valence-corrected chi connectivity index (χ1v) is 9.55. The van der Waals surface area contributed by atoms with Gasteiger partial charge in [0.2, 0.25) is 5.91 Å². The van der Waals surface area contributed by atoms with E-state index in [1.54, 1.807) is 38.3 Å².